The minimum Gasteiger partial charge on any atom is -0.459 e. The lowest BCUT2D eigenvalue weighted by atomic mass is 10.1. The number of nitrogens with zero attached hydrogens (tertiary/aromatic N) is 1. The minimum atomic E-state index is -0.249. The molecule has 0 amide bonds. The fraction of sp³-hybridized carbons (Fsp3) is 0.312. The Labute approximate surface area is 126 Å². The van der Waals surface area contributed by atoms with Gasteiger partial charge in [0.2, 0.25) is 0 Å². The van der Waals surface area contributed by atoms with E-state index >= 15 is 0 Å². The highest BCUT2D eigenvalue weighted by atomic mass is 32.1. The summed E-state index contributed by atoms with van der Waals surface area (Å²) >= 11 is 1.65. The molecular formula is C16H17FN2OS. The van der Waals surface area contributed by atoms with Crippen LogP contribution < -0.4 is 5.32 Å². The topological polar surface area (TPSA) is 38.1 Å². The van der Waals surface area contributed by atoms with E-state index < -0.39 is 0 Å². The van der Waals surface area contributed by atoms with Crippen molar-refractivity contribution < 1.29 is 8.81 Å². The van der Waals surface area contributed by atoms with E-state index in [-0.39, 0.29) is 11.9 Å². The molecule has 0 aliphatic rings. The number of rotatable bonds is 5. The fourth-order valence-electron chi connectivity index (χ4n) is 2.32. The van der Waals surface area contributed by atoms with Crippen molar-refractivity contribution in [3.63, 3.8) is 0 Å². The first-order valence-electron chi connectivity index (χ1n) is 7.02. The predicted octanol–water partition coefficient (Wildman–Crippen LogP) is 4.43. The van der Waals surface area contributed by atoms with Crippen molar-refractivity contribution in [2.45, 2.75) is 26.3 Å². The van der Waals surface area contributed by atoms with E-state index in [4.69, 9.17) is 4.42 Å². The summed E-state index contributed by atoms with van der Waals surface area (Å²) < 4.78 is 19.2. The van der Waals surface area contributed by atoms with Crippen LogP contribution in [-0.4, -0.2) is 11.5 Å². The Morgan fingerprint density at radius 3 is 2.95 bits per heavy atom. The van der Waals surface area contributed by atoms with Gasteiger partial charge >= 0.3 is 0 Å². The first-order chi connectivity index (χ1) is 10.2. The van der Waals surface area contributed by atoms with Gasteiger partial charge in [0.05, 0.1) is 5.01 Å². The highest BCUT2D eigenvalue weighted by Gasteiger charge is 2.20. The van der Waals surface area contributed by atoms with Crippen molar-refractivity contribution in [3.05, 3.63) is 51.9 Å². The van der Waals surface area contributed by atoms with Crippen molar-refractivity contribution in [2.24, 2.45) is 0 Å². The third-order valence-corrected chi connectivity index (χ3v) is 4.28. The quantitative estimate of drug-likeness (QED) is 0.758. The molecule has 3 rings (SSSR count). The van der Waals surface area contributed by atoms with Crippen LogP contribution in [0.15, 0.2) is 34.9 Å². The summed E-state index contributed by atoms with van der Waals surface area (Å²) in [5.74, 6) is 0.550. The number of furan rings is 1. The van der Waals surface area contributed by atoms with Crippen LogP contribution in [0.5, 0.6) is 0 Å². The van der Waals surface area contributed by atoms with Crippen LogP contribution >= 0.6 is 11.3 Å². The van der Waals surface area contributed by atoms with Gasteiger partial charge in [-0.1, -0.05) is 6.92 Å². The zero-order valence-corrected chi connectivity index (χ0v) is 12.8. The summed E-state index contributed by atoms with van der Waals surface area (Å²) in [6, 6.07) is 6.45. The molecule has 1 N–H and O–H groups in total. The van der Waals surface area contributed by atoms with Crippen LogP contribution in [0.2, 0.25) is 0 Å². The number of benzene rings is 1. The Morgan fingerprint density at radius 1 is 1.38 bits per heavy atom. The molecular weight excluding hydrogens is 287 g/mol. The van der Waals surface area contributed by atoms with Gasteiger partial charge in [-0.05, 0) is 44.2 Å². The molecule has 1 aromatic carbocycles. The van der Waals surface area contributed by atoms with Gasteiger partial charge in [0.15, 0.2) is 0 Å². The molecule has 2 heterocycles. The van der Waals surface area contributed by atoms with Gasteiger partial charge < -0.3 is 9.73 Å². The second-order valence-corrected chi connectivity index (χ2v) is 6.27. The normalized spacial score (nSPS) is 12.9. The van der Waals surface area contributed by atoms with Gasteiger partial charge in [-0.15, -0.1) is 11.3 Å². The molecule has 0 aliphatic heterocycles. The van der Waals surface area contributed by atoms with Crippen LogP contribution in [0, 0.1) is 12.7 Å². The first kappa shape index (κ1) is 14.2. The first-order valence-corrected chi connectivity index (χ1v) is 7.83. The zero-order chi connectivity index (χ0) is 14.8. The molecule has 0 bridgehead atoms. The van der Waals surface area contributed by atoms with Gasteiger partial charge in [0.1, 0.15) is 23.2 Å². The second-order valence-electron chi connectivity index (χ2n) is 5.00. The molecule has 1 atom stereocenters. The molecule has 0 saturated heterocycles. The molecule has 2 aromatic heterocycles. The molecule has 110 valence electrons. The van der Waals surface area contributed by atoms with E-state index in [0.717, 1.165) is 34.0 Å². The Morgan fingerprint density at radius 2 is 2.24 bits per heavy atom. The van der Waals surface area contributed by atoms with Crippen molar-refractivity contribution in [1.29, 1.82) is 0 Å². The van der Waals surface area contributed by atoms with Crippen molar-refractivity contribution in [1.82, 2.24) is 10.3 Å². The van der Waals surface area contributed by atoms with Gasteiger partial charge in [-0.25, -0.2) is 9.37 Å². The molecule has 0 saturated carbocycles. The molecule has 0 fully saturated rings. The van der Waals surface area contributed by atoms with E-state index in [1.54, 1.807) is 17.4 Å². The van der Waals surface area contributed by atoms with E-state index in [2.05, 4.69) is 17.2 Å². The Bertz CT molecular complexity index is 750. The fourth-order valence-corrected chi connectivity index (χ4v) is 3.19. The van der Waals surface area contributed by atoms with E-state index in [1.165, 1.54) is 12.1 Å². The standard InChI is InChI=1S/C16H17FN2OS/c1-3-6-18-16(15-9-19-10(2)21-15)14-8-11-7-12(17)4-5-13(11)20-14/h4-5,7-9,16,18H,3,6H2,1-2H3. The Hall–Kier alpha value is -1.72. The average Bonchev–Trinajstić information content (AvgIpc) is 3.05. The van der Waals surface area contributed by atoms with Crippen molar-refractivity contribution in [2.75, 3.05) is 6.54 Å². The average molecular weight is 304 g/mol. The number of aromatic nitrogens is 1. The molecule has 5 heteroatoms. The molecule has 0 radical (unpaired) electrons. The predicted molar refractivity (Wildman–Crippen MR) is 83.2 cm³/mol. The molecule has 0 aliphatic carbocycles. The number of thiazole rings is 1. The lowest BCUT2D eigenvalue weighted by Gasteiger charge is -2.13. The van der Waals surface area contributed by atoms with Crippen LogP contribution in [0.4, 0.5) is 4.39 Å². The summed E-state index contributed by atoms with van der Waals surface area (Å²) in [7, 11) is 0. The van der Waals surface area contributed by atoms with Crippen LogP contribution in [0.25, 0.3) is 11.0 Å². The summed E-state index contributed by atoms with van der Waals surface area (Å²) in [5, 5.41) is 5.28. The molecule has 3 aromatic rings. The van der Waals surface area contributed by atoms with Crippen LogP contribution in [0.3, 0.4) is 0 Å². The summed E-state index contributed by atoms with van der Waals surface area (Å²) in [4.78, 5) is 5.43. The molecule has 0 spiro atoms. The van der Waals surface area contributed by atoms with Gasteiger partial charge in [-0.3, -0.25) is 0 Å². The Kier molecular flexibility index (Phi) is 4.03. The number of nitrogens with one attached hydrogen (secondary N) is 1. The van der Waals surface area contributed by atoms with Crippen LogP contribution in [0.1, 0.15) is 35.0 Å². The number of fused-ring (bicyclic) bond motifs is 1. The largest absolute Gasteiger partial charge is 0.459 e. The number of hydrogen-bond donors (Lipinski definition) is 1. The highest BCUT2D eigenvalue weighted by molar-refractivity contribution is 7.11. The third kappa shape index (κ3) is 2.99. The van der Waals surface area contributed by atoms with Crippen LogP contribution in [-0.2, 0) is 0 Å². The second kappa shape index (κ2) is 5.95. The zero-order valence-electron chi connectivity index (χ0n) is 12.0. The van der Waals surface area contributed by atoms with Gasteiger partial charge in [0.25, 0.3) is 0 Å². The van der Waals surface area contributed by atoms with Crippen molar-refractivity contribution >= 4 is 22.3 Å². The van der Waals surface area contributed by atoms with E-state index in [1.807, 2.05) is 19.2 Å². The van der Waals surface area contributed by atoms with Gasteiger partial charge in [0, 0.05) is 16.5 Å². The number of hydrogen-bond acceptors (Lipinski definition) is 4. The summed E-state index contributed by atoms with van der Waals surface area (Å²) in [6.45, 7) is 4.99. The maximum atomic E-state index is 13.3. The molecule has 3 nitrogen and oxygen atoms in total. The van der Waals surface area contributed by atoms with Crippen molar-refractivity contribution in [3.8, 4) is 0 Å². The lowest BCUT2D eigenvalue weighted by molar-refractivity contribution is 0.473. The monoisotopic (exact) mass is 304 g/mol. The maximum Gasteiger partial charge on any atom is 0.134 e. The smallest absolute Gasteiger partial charge is 0.134 e. The van der Waals surface area contributed by atoms with E-state index in [0.29, 0.717) is 5.58 Å². The minimum absolute atomic E-state index is 0.0355. The lowest BCUT2D eigenvalue weighted by Crippen LogP contribution is -2.21. The highest BCUT2D eigenvalue weighted by Crippen LogP contribution is 2.31. The van der Waals surface area contributed by atoms with E-state index in [9.17, 15) is 4.39 Å². The summed E-state index contributed by atoms with van der Waals surface area (Å²) in [5.41, 5.74) is 0.705. The third-order valence-electron chi connectivity index (χ3n) is 3.30. The number of aryl methyl sites for hydroxylation is 1. The number of halogens is 1. The maximum absolute atomic E-state index is 13.3. The van der Waals surface area contributed by atoms with Gasteiger partial charge in [-0.2, -0.15) is 0 Å². The Balaban J connectivity index is 2.00. The molecule has 1 unspecified atom stereocenters. The molecule has 21 heavy (non-hydrogen) atoms. The summed E-state index contributed by atoms with van der Waals surface area (Å²) in [6.07, 6.45) is 2.91. The SMILES string of the molecule is CCCNC(c1cc2cc(F)ccc2o1)c1cnc(C)s1.